The number of thiophene rings is 1. The van der Waals surface area contributed by atoms with Crippen LogP contribution < -0.4 is 10.6 Å². The van der Waals surface area contributed by atoms with Crippen LogP contribution in [-0.4, -0.2) is 23.1 Å². The molecule has 0 bridgehead atoms. The molecular formula is C14H22N4S. The van der Waals surface area contributed by atoms with Crippen molar-refractivity contribution in [3.05, 3.63) is 11.4 Å². The molecule has 2 aromatic rings. The number of nitrogens with zero attached hydrogens (tertiary/aromatic N) is 2. The highest BCUT2D eigenvalue weighted by atomic mass is 32.1. The number of nitrogens with one attached hydrogen (secondary N) is 2. The molecule has 2 aromatic heterocycles. The zero-order valence-corrected chi connectivity index (χ0v) is 12.8. The van der Waals surface area contributed by atoms with E-state index in [-0.39, 0.29) is 0 Å². The van der Waals surface area contributed by atoms with E-state index in [9.17, 15) is 0 Å². The average Bonchev–Trinajstić information content (AvgIpc) is 2.84. The van der Waals surface area contributed by atoms with Gasteiger partial charge in [0.15, 0.2) is 0 Å². The largest absolute Gasteiger partial charge is 0.367 e. The Labute approximate surface area is 118 Å². The summed E-state index contributed by atoms with van der Waals surface area (Å²) in [5.74, 6) is 2.35. The van der Waals surface area contributed by atoms with Crippen molar-refractivity contribution in [3.8, 4) is 0 Å². The van der Waals surface area contributed by atoms with Crippen LogP contribution >= 0.6 is 11.3 Å². The van der Waals surface area contributed by atoms with Gasteiger partial charge in [0.2, 0.25) is 5.95 Å². The van der Waals surface area contributed by atoms with Crippen LogP contribution in [0.2, 0.25) is 0 Å². The van der Waals surface area contributed by atoms with Gasteiger partial charge >= 0.3 is 0 Å². The lowest BCUT2D eigenvalue weighted by Crippen LogP contribution is -2.17. The van der Waals surface area contributed by atoms with Crippen LogP contribution in [0, 0.1) is 5.92 Å². The van der Waals surface area contributed by atoms with Gasteiger partial charge in [0, 0.05) is 13.1 Å². The van der Waals surface area contributed by atoms with Crippen LogP contribution in [0.25, 0.3) is 10.2 Å². The van der Waals surface area contributed by atoms with Crippen LogP contribution in [0.1, 0.15) is 33.6 Å². The van der Waals surface area contributed by atoms with Crippen molar-refractivity contribution in [3.63, 3.8) is 0 Å². The Morgan fingerprint density at radius 3 is 2.68 bits per heavy atom. The predicted molar refractivity (Wildman–Crippen MR) is 84.1 cm³/mol. The summed E-state index contributed by atoms with van der Waals surface area (Å²) in [6.45, 7) is 6.73. The van der Waals surface area contributed by atoms with E-state index in [1.165, 1.54) is 6.42 Å². The molecule has 0 saturated heterocycles. The highest BCUT2D eigenvalue weighted by Crippen LogP contribution is 2.27. The van der Waals surface area contributed by atoms with Gasteiger partial charge in [-0.2, -0.15) is 4.98 Å². The molecule has 1 atom stereocenters. The van der Waals surface area contributed by atoms with Gasteiger partial charge in [0.05, 0.1) is 5.39 Å². The molecule has 0 spiro atoms. The zero-order chi connectivity index (χ0) is 13.8. The fraction of sp³-hybridized carbons (Fsp3) is 0.571. The first-order valence-electron chi connectivity index (χ1n) is 6.79. The minimum absolute atomic E-state index is 0.421. The second-order valence-corrected chi connectivity index (χ2v) is 6.20. The van der Waals surface area contributed by atoms with Crippen molar-refractivity contribution >= 4 is 33.3 Å². The molecule has 0 radical (unpaired) electrons. The summed E-state index contributed by atoms with van der Waals surface area (Å²) in [4.78, 5) is 10.0. The van der Waals surface area contributed by atoms with Crippen molar-refractivity contribution in [2.24, 2.45) is 5.92 Å². The molecule has 0 aliphatic carbocycles. The fourth-order valence-electron chi connectivity index (χ4n) is 1.97. The van der Waals surface area contributed by atoms with Crippen molar-refractivity contribution in [2.45, 2.75) is 39.7 Å². The van der Waals surface area contributed by atoms with E-state index in [2.05, 4.69) is 52.8 Å². The van der Waals surface area contributed by atoms with Crippen LogP contribution in [-0.2, 0) is 0 Å². The summed E-state index contributed by atoms with van der Waals surface area (Å²) in [6, 6.07) is 2.50. The van der Waals surface area contributed by atoms with Gasteiger partial charge in [-0.15, -0.1) is 11.3 Å². The second-order valence-electron chi connectivity index (χ2n) is 5.30. The first-order chi connectivity index (χ1) is 9.10. The molecule has 0 aromatic carbocycles. The van der Waals surface area contributed by atoms with Crippen LogP contribution in [0.15, 0.2) is 11.4 Å². The predicted octanol–water partition coefficient (Wildman–Crippen LogP) is 3.97. The first kappa shape index (κ1) is 14.1. The Morgan fingerprint density at radius 2 is 2.00 bits per heavy atom. The van der Waals surface area contributed by atoms with E-state index in [4.69, 9.17) is 0 Å². The lowest BCUT2D eigenvalue weighted by molar-refractivity contribution is 0.527. The maximum absolute atomic E-state index is 4.53. The zero-order valence-electron chi connectivity index (χ0n) is 12.0. The molecule has 2 N–H and O–H groups in total. The molecule has 2 heterocycles. The van der Waals surface area contributed by atoms with E-state index in [0.29, 0.717) is 12.0 Å². The van der Waals surface area contributed by atoms with E-state index in [0.717, 1.165) is 28.4 Å². The van der Waals surface area contributed by atoms with Gasteiger partial charge in [0.1, 0.15) is 10.6 Å². The highest BCUT2D eigenvalue weighted by Gasteiger charge is 2.11. The molecule has 5 heteroatoms. The lowest BCUT2D eigenvalue weighted by Gasteiger charge is -2.16. The van der Waals surface area contributed by atoms with E-state index in [1.807, 2.05) is 7.05 Å². The number of aromatic nitrogens is 2. The molecule has 1 unspecified atom stereocenters. The van der Waals surface area contributed by atoms with Gasteiger partial charge in [-0.1, -0.05) is 13.8 Å². The van der Waals surface area contributed by atoms with Crippen molar-refractivity contribution < 1.29 is 0 Å². The minimum Gasteiger partial charge on any atom is -0.367 e. The lowest BCUT2D eigenvalue weighted by atomic mass is 10.0. The average molecular weight is 278 g/mol. The Bertz CT molecular complexity index is 535. The van der Waals surface area contributed by atoms with Crippen LogP contribution in [0.5, 0.6) is 0 Å². The molecule has 0 aliphatic heterocycles. The minimum atomic E-state index is 0.421. The number of hydrogen-bond acceptors (Lipinski definition) is 5. The first-order valence-corrected chi connectivity index (χ1v) is 7.67. The fourth-order valence-corrected chi connectivity index (χ4v) is 2.73. The molecule has 0 amide bonds. The smallest absolute Gasteiger partial charge is 0.225 e. The van der Waals surface area contributed by atoms with E-state index >= 15 is 0 Å². The molecule has 0 saturated carbocycles. The third kappa shape index (κ3) is 3.56. The molecule has 2 rings (SSSR count). The Hall–Kier alpha value is -1.36. The quantitative estimate of drug-likeness (QED) is 0.839. The standard InChI is InChI=1S/C14H22N4S/c1-9(2)5-6-10(3)16-12-11-7-8-19-13(11)18-14(15-4)17-12/h7-10H,5-6H2,1-4H3,(H2,15,16,17,18). The molecule has 0 fully saturated rings. The summed E-state index contributed by atoms with van der Waals surface area (Å²) in [6.07, 6.45) is 2.38. The monoisotopic (exact) mass is 278 g/mol. The van der Waals surface area contributed by atoms with Crippen molar-refractivity contribution in [1.82, 2.24) is 9.97 Å². The molecule has 19 heavy (non-hydrogen) atoms. The Balaban J connectivity index is 2.16. The second kappa shape index (κ2) is 6.19. The van der Waals surface area contributed by atoms with Gasteiger partial charge in [-0.3, -0.25) is 0 Å². The summed E-state index contributed by atoms with van der Waals surface area (Å²) in [5, 5.41) is 9.70. The van der Waals surface area contributed by atoms with E-state index in [1.54, 1.807) is 11.3 Å². The number of rotatable bonds is 6. The number of fused-ring (bicyclic) bond motifs is 1. The van der Waals surface area contributed by atoms with Crippen LogP contribution in [0.4, 0.5) is 11.8 Å². The summed E-state index contributed by atoms with van der Waals surface area (Å²) >= 11 is 1.65. The summed E-state index contributed by atoms with van der Waals surface area (Å²) in [7, 11) is 1.85. The Kier molecular flexibility index (Phi) is 4.58. The van der Waals surface area contributed by atoms with Crippen molar-refractivity contribution in [2.75, 3.05) is 17.7 Å². The topological polar surface area (TPSA) is 49.8 Å². The number of hydrogen-bond donors (Lipinski definition) is 2. The molecular weight excluding hydrogens is 256 g/mol. The Morgan fingerprint density at radius 1 is 1.21 bits per heavy atom. The maximum atomic E-state index is 4.53. The van der Waals surface area contributed by atoms with Crippen LogP contribution in [0.3, 0.4) is 0 Å². The molecule has 104 valence electrons. The van der Waals surface area contributed by atoms with Gasteiger partial charge in [0.25, 0.3) is 0 Å². The molecule has 0 aliphatic rings. The van der Waals surface area contributed by atoms with Gasteiger partial charge < -0.3 is 10.6 Å². The third-order valence-corrected chi connectivity index (χ3v) is 3.92. The van der Waals surface area contributed by atoms with E-state index < -0.39 is 0 Å². The third-order valence-electron chi connectivity index (χ3n) is 3.11. The summed E-state index contributed by atoms with van der Waals surface area (Å²) < 4.78 is 0. The summed E-state index contributed by atoms with van der Waals surface area (Å²) in [5.41, 5.74) is 0. The molecule has 4 nitrogen and oxygen atoms in total. The SMILES string of the molecule is CNc1nc(NC(C)CCC(C)C)c2ccsc2n1. The number of anilines is 2. The van der Waals surface area contributed by atoms with Gasteiger partial charge in [-0.25, -0.2) is 4.98 Å². The maximum Gasteiger partial charge on any atom is 0.225 e. The highest BCUT2D eigenvalue weighted by molar-refractivity contribution is 7.16. The van der Waals surface area contributed by atoms with Gasteiger partial charge in [-0.05, 0) is 37.1 Å². The van der Waals surface area contributed by atoms with Crippen molar-refractivity contribution in [1.29, 1.82) is 0 Å². The normalized spacial score (nSPS) is 12.9.